The smallest absolute Gasteiger partial charge is 0.141 e. The van der Waals surface area contributed by atoms with E-state index in [0.717, 1.165) is 50.0 Å². The van der Waals surface area contributed by atoms with E-state index in [1.807, 2.05) is 10.8 Å². The number of Topliss-reactive ketones (excluding diaryl/α,β-unsaturated/α-hetero) is 1. The molecule has 1 aromatic rings. The lowest BCUT2D eigenvalue weighted by Gasteiger charge is -2.59. The number of hydrogen-bond acceptors (Lipinski definition) is 7. The monoisotopic (exact) mass is 621 g/mol. The number of anilines is 1. The van der Waals surface area contributed by atoms with Gasteiger partial charge in [-0.1, -0.05) is 52.8 Å². The summed E-state index contributed by atoms with van der Waals surface area (Å²) in [6, 6.07) is 9.13. The van der Waals surface area contributed by atoms with Gasteiger partial charge in [0.15, 0.2) is 0 Å². The minimum atomic E-state index is -1.06. The number of carbonyl (C=O) groups is 1. The predicted molar refractivity (Wildman–Crippen MR) is 173 cm³/mol. The zero-order chi connectivity index (χ0) is 29.4. The summed E-state index contributed by atoms with van der Waals surface area (Å²) in [5, 5.41) is 28.1. The maximum absolute atomic E-state index is 13.8. The lowest BCUT2D eigenvalue weighted by atomic mass is 9.45. The molecule has 8 aliphatic rings. The molecule has 1 unspecified atom stereocenters. The molecule has 1 spiro atoms. The molecule has 1 aliphatic heterocycles. The number of methoxy groups -OCH3 is 1. The van der Waals surface area contributed by atoms with Gasteiger partial charge >= 0.3 is 0 Å². The van der Waals surface area contributed by atoms with Crippen LogP contribution >= 0.6 is 21.6 Å². The minimum Gasteiger partial charge on any atom is -0.391 e. The number of nitrogens with one attached hydrogen (secondary N) is 1. The van der Waals surface area contributed by atoms with E-state index < -0.39 is 5.60 Å². The van der Waals surface area contributed by atoms with Crippen LogP contribution in [0.25, 0.3) is 0 Å². The molecule has 9 rings (SSSR count). The van der Waals surface area contributed by atoms with Gasteiger partial charge in [0.2, 0.25) is 0 Å². The number of rotatable bonds is 1. The Morgan fingerprint density at radius 2 is 2.00 bits per heavy atom. The van der Waals surface area contributed by atoms with E-state index in [4.69, 9.17) is 4.74 Å². The minimum absolute atomic E-state index is 0.0793. The molecule has 0 aromatic heterocycles. The average molecular weight is 622 g/mol. The molecule has 14 atom stereocenters. The highest BCUT2D eigenvalue weighted by atomic mass is 33.1. The Kier molecular flexibility index (Phi) is 6.26. The maximum Gasteiger partial charge on any atom is 0.141 e. The summed E-state index contributed by atoms with van der Waals surface area (Å²) in [6.45, 7) is 2.56. The SMILES string of the molecule is CO[C@H]1CC(=O)[C@H]2[C@@H]3[C@@H]4CC[C@@]56C[C@H]7CSS[C@H]8CCC[C@@H](O)[C@@H]8Nc8cccc(c8)C[C@H]7C5C=CC[C@@](C4)([C@@]12O)[C@]36C. The van der Waals surface area contributed by atoms with Crippen LogP contribution in [0.5, 0.6) is 0 Å². The molecule has 7 heteroatoms. The molecule has 6 bridgehead atoms. The van der Waals surface area contributed by atoms with Crippen LogP contribution in [0.3, 0.4) is 0 Å². The van der Waals surface area contributed by atoms with Crippen molar-refractivity contribution in [1.29, 1.82) is 0 Å². The highest BCUT2D eigenvalue weighted by Crippen LogP contribution is 2.88. The van der Waals surface area contributed by atoms with Crippen molar-refractivity contribution in [2.75, 3.05) is 18.2 Å². The lowest BCUT2D eigenvalue weighted by Crippen LogP contribution is -2.60. The summed E-state index contributed by atoms with van der Waals surface area (Å²) in [4.78, 5) is 13.8. The van der Waals surface area contributed by atoms with Crippen LogP contribution in [-0.2, 0) is 16.0 Å². The lowest BCUT2D eigenvalue weighted by molar-refractivity contribution is -0.194. The summed E-state index contributed by atoms with van der Waals surface area (Å²) in [5.74, 6) is 3.52. The fraction of sp³-hybridized carbons (Fsp3) is 0.750. The Bertz CT molecular complexity index is 1370. The number of carbonyl (C=O) groups excluding carboxylic acids is 1. The van der Waals surface area contributed by atoms with Crippen molar-refractivity contribution >= 4 is 33.1 Å². The largest absolute Gasteiger partial charge is 0.391 e. The molecule has 0 amide bonds. The molecule has 0 saturated heterocycles. The first-order chi connectivity index (χ1) is 20.8. The first-order valence-corrected chi connectivity index (χ1v) is 19.4. The van der Waals surface area contributed by atoms with Crippen molar-refractivity contribution < 1.29 is 19.7 Å². The number of ether oxygens (including phenoxy) is 1. The van der Waals surface area contributed by atoms with Gasteiger partial charge in [-0.05, 0) is 116 Å². The van der Waals surface area contributed by atoms with Gasteiger partial charge in [-0.25, -0.2) is 0 Å². The van der Waals surface area contributed by atoms with Gasteiger partial charge in [-0.3, -0.25) is 4.79 Å². The van der Waals surface area contributed by atoms with Gasteiger partial charge in [0.1, 0.15) is 11.4 Å². The summed E-state index contributed by atoms with van der Waals surface area (Å²) >= 11 is 0. The summed E-state index contributed by atoms with van der Waals surface area (Å²) in [6.07, 6.45) is 14.5. The highest BCUT2D eigenvalue weighted by Gasteiger charge is 2.89. The van der Waals surface area contributed by atoms with E-state index in [2.05, 4.69) is 59.5 Å². The number of aliphatic hydroxyl groups excluding tert-OH is 1. The van der Waals surface area contributed by atoms with E-state index in [0.29, 0.717) is 35.3 Å². The normalized spacial score (nSPS) is 54.4. The van der Waals surface area contributed by atoms with E-state index >= 15 is 0 Å². The van der Waals surface area contributed by atoms with Gasteiger partial charge in [-0.2, -0.15) is 0 Å². The third kappa shape index (κ3) is 3.32. The second-order valence-electron chi connectivity index (χ2n) is 15.9. The Hall–Kier alpha value is -0.990. The molecule has 3 N–H and O–H groups in total. The molecular formula is C36H47NO4S2. The summed E-state index contributed by atoms with van der Waals surface area (Å²) in [5.41, 5.74) is 1.19. The van der Waals surface area contributed by atoms with Crippen molar-refractivity contribution in [2.24, 2.45) is 51.8 Å². The quantitative estimate of drug-likeness (QED) is 0.251. The fourth-order valence-corrected chi connectivity index (χ4v) is 17.0. The molecule has 5 nitrogen and oxygen atoms in total. The van der Waals surface area contributed by atoms with E-state index in [-0.39, 0.29) is 52.1 Å². The van der Waals surface area contributed by atoms with Crippen LogP contribution in [0.4, 0.5) is 5.69 Å². The molecule has 1 heterocycles. The predicted octanol–water partition coefficient (Wildman–Crippen LogP) is 6.29. The Morgan fingerprint density at radius 1 is 1.12 bits per heavy atom. The maximum atomic E-state index is 13.8. The van der Waals surface area contributed by atoms with Crippen molar-refractivity contribution in [1.82, 2.24) is 0 Å². The van der Waals surface area contributed by atoms with Crippen molar-refractivity contribution in [2.45, 2.75) is 100 Å². The summed E-state index contributed by atoms with van der Waals surface area (Å²) < 4.78 is 6.01. The molecular weight excluding hydrogens is 575 g/mol. The standard InChI is InChI=1S/C36H47NO4S2/c1-33-30-21-11-13-34(33)17-22-19-42-43-28-10-4-9-26(38)32(28)37-23-7-3-6-20(14-23)15-24(22)25(34)8-5-12-35(33,18-21)36(40)29(41-2)16-27(39)31(30)36/h3,5-8,14,21-22,24-26,28-32,37-38,40H,4,9-13,15-19H2,1-2H3/t21-,22+,24-,25?,26-,28+,29+,30+,31+,32+,33-,34-,35+,36-/m1/s1. The van der Waals surface area contributed by atoms with Crippen molar-refractivity contribution in [3.05, 3.63) is 42.0 Å². The molecule has 0 radical (unpaired) electrons. The third-order valence-corrected chi connectivity index (χ3v) is 18.1. The number of fused-ring (bicyclic) bond motifs is 6. The van der Waals surface area contributed by atoms with Gasteiger partial charge in [0, 0.05) is 35.6 Å². The van der Waals surface area contributed by atoms with Gasteiger partial charge in [0.25, 0.3) is 0 Å². The number of ketones is 1. The van der Waals surface area contributed by atoms with E-state index in [1.54, 1.807) is 7.11 Å². The van der Waals surface area contributed by atoms with Crippen LogP contribution in [-0.4, -0.2) is 58.0 Å². The summed E-state index contributed by atoms with van der Waals surface area (Å²) in [7, 11) is 5.78. The van der Waals surface area contributed by atoms with Crippen molar-refractivity contribution in [3.63, 3.8) is 0 Å². The highest BCUT2D eigenvalue weighted by molar-refractivity contribution is 8.77. The number of aliphatic hydroxyl groups is 2. The molecule has 6 fully saturated rings. The van der Waals surface area contributed by atoms with E-state index in [1.165, 1.54) is 24.8 Å². The Balaban J connectivity index is 1.15. The van der Waals surface area contributed by atoms with Gasteiger partial charge in [0.05, 0.1) is 24.2 Å². The first-order valence-electron chi connectivity index (χ1n) is 17.0. The van der Waals surface area contributed by atoms with E-state index in [9.17, 15) is 15.0 Å². The molecule has 6 saturated carbocycles. The van der Waals surface area contributed by atoms with Crippen LogP contribution in [0.15, 0.2) is 36.4 Å². The zero-order valence-corrected chi connectivity index (χ0v) is 27.2. The van der Waals surface area contributed by atoms with Crippen LogP contribution in [0.1, 0.15) is 70.3 Å². The molecule has 232 valence electrons. The Morgan fingerprint density at radius 3 is 2.86 bits per heavy atom. The first kappa shape index (κ1) is 28.3. The van der Waals surface area contributed by atoms with Crippen molar-refractivity contribution in [3.8, 4) is 0 Å². The molecule has 7 aliphatic carbocycles. The second-order valence-corrected chi connectivity index (χ2v) is 18.6. The Labute approximate surface area is 264 Å². The third-order valence-electron chi connectivity index (χ3n) is 15.0. The molecule has 1 aromatic carbocycles. The topological polar surface area (TPSA) is 78.8 Å². The van der Waals surface area contributed by atoms with Crippen LogP contribution in [0, 0.1) is 51.8 Å². The second kappa shape index (κ2) is 9.53. The fourth-order valence-electron chi connectivity index (χ4n) is 13.7. The average Bonchev–Trinajstić information content (AvgIpc) is 3.53. The zero-order valence-electron chi connectivity index (χ0n) is 25.5. The number of hydrogen-bond donors (Lipinski definition) is 3. The van der Waals surface area contributed by atoms with Crippen LogP contribution in [0.2, 0.25) is 0 Å². The van der Waals surface area contributed by atoms with Crippen LogP contribution < -0.4 is 5.32 Å². The van der Waals surface area contributed by atoms with Gasteiger partial charge in [-0.15, -0.1) is 0 Å². The molecule has 43 heavy (non-hydrogen) atoms. The number of benzene rings is 1. The van der Waals surface area contributed by atoms with Gasteiger partial charge < -0.3 is 20.3 Å². The number of allylic oxidation sites excluding steroid dienone is 2.